The molecule has 0 spiro atoms. The first kappa shape index (κ1) is 13.2. The van der Waals surface area contributed by atoms with Crippen LogP contribution in [0.1, 0.15) is 24.2 Å². The Balaban J connectivity index is 1.49. The van der Waals surface area contributed by atoms with Gasteiger partial charge in [-0.3, -0.25) is 4.79 Å². The van der Waals surface area contributed by atoms with Gasteiger partial charge in [-0.2, -0.15) is 0 Å². The van der Waals surface area contributed by atoms with Crippen molar-refractivity contribution in [3.63, 3.8) is 0 Å². The minimum atomic E-state index is 0.205. The van der Waals surface area contributed by atoms with Crippen molar-refractivity contribution in [2.75, 3.05) is 13.1 Å². The first-order chi connectivity index (χ1) is 9.75. The number of aryl methyl sites for hydroxylation is 1. The van der Waals surface area contributed by atoms with Gasteiger partial charge in [-0.25, -0.2) is 0 Å². The number of hydrogen-bond acceptors (Lipinski definition) is 3. The summed E-state index contributed by atoms with van der Waals surface area (Å²) in [5.41, 5.74) is 2.14. The standard InChI is InChI=1S/C16H20N2O2/c1-11-14(13-4-2-3-5-15(13)20-11)10-17-8-9-18-16(19)12-6-7-12/h2-5,12,17H,6-10H2,1H3,(H,18,19). The summed E-state index contributed by atoms with van der Waals surface area (Å²) >= 11 is 0. The summed E-state index contributed by atoms with van der Waals surface area (Å²) in [6, 6.07) is 8.08. The molecule has 4 heteroatoms. The SMILES string of the molecule is Cc1oc2ccccc2c1CNCCNC(=O)C1CC1. The highest BCUT2D eigenvalue weighted by Gasteiger charge is 2.28. The summed E-state index contributed by atoms with van der Waals surface area (Å²) in [4.78, 5) is 11.5. The zero-order valence-electron chi connectivity index (χ0n) is 11.7. The van der Waals surface area contributed by atoms with Crippen LogP contribution in [0.15, 0.2) is 28.7 Å². The Morgan fingerprint density at radius 1 is 1.30 bits per heavy atom. The third-order valence-electron chi connectivity index (χ3n) is 3.75. The van der Waals surface area contributed by atoms with Crippen molar-refractivity contribution in [2.24, 2.45) is 5.92 Å². The van der Waals surface area contributed by atoms with E-state index in [1.807, 2.05) is 25.1 Å². The molecule has 4 nitrogen and oxygen atoms in total. The summed E-state index contributed by atoms with van der Waals surface area (Å²) in [6.45, 7) is 4.22. The Labute approximate surface area is 118 Å². The van der Waals surface area contributed by atoms with Gasteiger partial charge in [0.15, 0.2) is 0 Å². The van der Waals surface area contributed by atoms with Gasteiger partial charge in [0.2, 0.25) is 5.91 Å². The second-order valence-electron chi connectivity index (χ2n) is 5.38. The van der Waals surface area contributed by atoms with Crippen LogP contribution in [-0.2, 0) is 11.3 Å². The Morgan fingerprint density at radius 3 is 2.90 bits per heavy atom. The number of rotatable bonds is 6. The summed E-state index contributed by atoms with van der Waals surface area (Å²) < 4.78 is 5.72. The molecule has 3 rings (SSSR count). The lowest BCUT2D eigenvalue weighted by molar-refractivity contribution is -0.122. The summed E-state index contributed by atoms with van der Waals surface area (Å²) in [7, 11) is 0. The molecule has 1 aliphatic rings. The van der Waals surface area contributed by atoms with Crippen molar-refractivity contribution in [1.82, 2.24) is 10.6 Å². The molecule has 0 aliphatic heterocycles. The predicted molar refractivity (Wildman–Crippen MR) is 78.4 cm³/mol. The lowest BCUT2D eigenvalue weighted by Gasteiger charge is -2.06. The largest absolute Gasteiger partial charge is 0.461 e. The van der Waals surface area contributed by atoms with Crippen LogP contribution in [0, 0.1) is 12.8 Å². The molecule has 1 amide bonds. The van der Waals surface area contributed by atoms with E-state index < -0.39 is 0 Å². The van der Waals surface area contributed by atoms with Gasteiger partial charge < -0.3 is 15.1 Å². The van der Waals surface area contributed by atoms with Crippen LogP contribution in [0.25, 0.3) is 11.0 Å². The second-order valence-corrected chi connectivity index (χ2v) is 5.38. The molecule has 1 aliphatic carbocycles. The number of carbonyl (C=O) groups excluding carboxylic acids is 1. The van der Waals surface area contributed by atoms with E-state index in [0.717, 1.165) is 37.3 Å². The van der Waals surface area contributed by atoms with Crippen LogP contribution in [-0.4, -0.2) is 19.0 Å². The number of fused-ring (bicyclic) bond motifs is 1. The van der Waals surface area contributed by atoms with Crippen molar-refractivity contribution in [2.45, 2.75) is 26.3 Å². The molecule has 0 saturated heterocycles. The van der Waals surface area contributed by atoms with Gasteiger partial charge >= 0.3 is 0 Å². The fourth-order valence-corrected chi connectivity index (χ4v) is 2.42. The molecule has 0 unspecified atom stereocenters. The number of hydrogen-bond donors (Lipinski definition) is 2. The van der Waals surface area contributed by atoms with Gasteiger partial charge in [0.1, 0.15) is 11.3 Å². The molecule has 1 fully saturated rings. The molecule has 0 atom stereocenters. The zero-order chi connectivity index (χ0) is 13.9. The third-order valence-corrected chi connectivity index (χ3v) is 3.75. The molecule has 0 bridgehead atoms. The van der Waals surface area contributed by atoms with Crippen LogP contribution in [0.5, 0.6) is 0 Å². The highest BCUT2D eigenvalue weighted by Crippen LogP contribution is 2.28. The van der Waals surface area contributed by atoms with Gasteiger partial charge in [0.25, 0.3) is 0 Å². The Hall–Kier alpha value is -1.81. The predicted octanol–water partition coefficient (Wildman–Crippen LogP) is 2.36. The van der Waals surface area contributed by atoms with E-state index in [4.69, 9.17) is 4.42 Å². The van der Waals surface area contributed by atoms with Crippen molar-refractivity contribution < 1.29 is 9.21 Å². The van der Waals surface area contributed by atoms with E-state index in [1.54, 1.807) is 0 Å². The van der Waals surface area contributed by atoms with E-state index in [-0.39, 0.29) is 11.8 Å². The number of amides is 1. The molecule has 1 aromatic heterocycles. The molecule has 1 aromatic carbocycles. The van der Waals surface area contributed by atoms with E-state index in [0.29, 0.717) is 6.54 Å². The molecule has 0 radical (unpaired) electrons. The van der Waals surface area contributed by atoms with Crippen LogP contribution in [0.2, 0.25) is 0 Å². The summed E-state index contributed by atoms with van der Waals surface area (Å²) in [5.74, 6) is 1.45. The molecule has 2 N–H and O–H groups in total. The van der Waals surface area contributed by atoms with Crippen LogP contribution in [0.3, 0.4) is 0 Å². The number of nitrogens with one attached hydrogen (secondary N) is 2. The third kappa shape index (κ3) is 2.85. The molecule has 106 valence electrons. The van der Waals surface area contributed by atoms with E-state index in [9.17, 15) is 4.79 Å². The number of benzene rings is 1. The molecular formula is C16H20N2O2. The minimum Gasteiger partial charge on any atom is -0.461 e. The lowest BCUT2D eigenvalue weighted by Crippen LogP contribution is -2.32. The van der Waals surface area contributed by atoms with Crippen molar-refractivity contribution in [3.8, 4) is 0 Å². The maximum atomic E-state index is 11.5. The highest BCUT2D eigenvalue weighted by molar-refractivity contribution is 5.82. The Morgan fingerprint density at radius 2 is 2.10 bits per heavy atom. The molecule has 2 aromatic rings. The molecule has 20 heavy (non-hydrogen) atoms. The van der Waals surface area contributed by atoms with Crippen LogP contribution in [0.4, 0.5) is 0 Å². The summed E-state index contributed by atoms with van der Waals surface area (Å²) in [6.07, 6.45) is 2.11. The first-order valence-electron chi connectivity index (χ1n) is 7.21. The Bertz CT molecular complexity index is 614. The first-order valence-corrected chi connectivity index (χ1v) is 7.21. The normalized spacial score (nSPS) is 14.7. The molecular weight excluding hydrogens is 252 g/mol. The average Bonchev–Trinajstić information content (AvgIpc) is 3.24. The maximum Gasteiger partial charge on any atom is 0.223 e. The highest BCUT2D eigenvalue weighted by atomic mass is 16.3. The fourth-order valence-electron chi connectivity index (χ4n) is 2.42. The van der Waals surface area contributed by atoms with Crippen LogP contribution >= 0.6 is 0 Å². The van der Waals surface area contributed by atoms with E-state index in [1.165, 1.54) is 10.9 Å². The zero-order valence-corrected chi connectivity index (χ0v) is 11.7. The second kappa shape index (κ2) is 5.67. The van der Waals surface area contributed by atoms with Crippen LogP contribution < -0.4 is 10.6 Å². The average molecular weight is 272 g/mol. The van der Waals surface area contributed by atoms with Crippen molar-refractivity contribution >= 4 is 16.9 Å². The maximum absolute atomic E-state index is 11.5. The summed E-state index contributed by atoms with van der Waals surface area (Å²) in [5, 5.41) is 7.48. The lowest BCUT2D eigenvalue weighted by atomic mass is 10.1. The minimum absolute atomic E-state index is 0.205. The number of carbonyl (C=O) groups is 1. The van der Waals surface area contributed by atoms with Gasteiger partial charge in [-0.05, 0) is 25.8 Å². The smallest absolute Gasteiger partial charge is 0.223 e. The van der Waals surface area contributed by atoms with E-state index in [2.05, 4.69) is 16.7 Å². The number of para-hydroxylation sites is 1. The van der Waals surface area contributed by atoms with Gasteiger partial charge in [0, 0.05) is 36.5 Å². The molecule has 1 heterocycles. The van der Waals surface area contributed by atoms with Gasteiger partial charge in [-0.1, -0.05) is 18.2 Å². The topological polar surface area (TPSA) is 54.3 Å². The fraction of sp³-hybridized carbons (Fsp3) is 0.438. The van der Waals surface area contributed by atoms with E-state index >= 15 is 0 Å². The quantitative estimate of drug-likeness (QED) is 0.794. The number of furan rings is 1. The van der Waals surface area contributed by atoms with Gasteiger partial charge in [-0.15, -0.1) is 0 Å². The monoisotopic (exact) mass is 272 g/mol. The molecule has 1 saturated carbocycles. The van der Waals surface area contributed by atoms with Gasteiger partial charge in [0.05, 0.1) is 0 Å². The van der Waals surface area contributed by atoms with Crippen molar-refractivity contribution in [3.05, 3.63) is 35.6 Å². The van der Waals surface area contributed by atoms with Crippen molar-refractivity contribution in [1.29, 1.82) is 0 Å². The Kier molecular flexibility index (Phi) is 3.74.